The number of hydrogen-bond acceptors (Lipinski definition) is 4. The van der Waals surface area contributed by atoms with E-state index in [9.17, 15) is 9.59 Å². The minimum atomic E-state index is -0.598. The molecule has 0 bridgehead atoms. The van der Waals surface area contributed by atoms with Crippen molar-refractivity contribution < 1.29 is 19.1 Å². The first-order valence-electron chi connectivity index (χ1n) is 5.79. The van der Waals surface area contributed by atoms with Crippen molar-refractivity contribution >= 4 is 11.8 Å². The van der Waals surface area contributed by atoms with Crippen LogP contribution in [-0.4, -0.2) is 39.2 Å². The van der Waals surface area contributed by atoms with Crippen LogP contribution in [0.2, 0.25) is 0 Å². The van der Waals surface area contributed by atoms with E-state index in [0.717, 1.165) is 0 Å². The number of nitrogens with one attached hydrogen (secondary N) is 1. The number of aryl methyl sites for hydroxylation is 1. The molecule has 0 saturated heterocycles. The SMILES string of the molecule is CNC(=O)c1cc(OCCOC)c(C(N)=O)cc1C. The Kier molecular flexibility index (Phi) is 5.32. The standard InChI is InChI=1S/C13H18N2O4/c1-8-6-10(12(14)16)11(19-5-4-18-3)7-9(8)13(17)15-2/h6-7H,4-5H2,1-3H3,(H2,14,16)(H,15,17). The summed E-state index contributed by atoms with van der Waals surface area (Å²) < 4.78 is 10.3. The Balaban J connectivity index is 3.15. The second-order valence-electron chi connectivity index (χ2n) is 3.95. The summed E-state index contributed by atoms with van der Waals surface area (Å²) in [4.78, 5) is 23.1. The minimum absolute atomic E-state index is 0.245. The van der Waals surface area contributed by atoms with Crippen LogP contribution in [-0.2, 0) is 4.74 Å². The normalized spacial score (nSPS) is 10.1. The van der Waals surface area contributed by atoms with Crippen molar-refractivity contribution in [3.05, 3.63) is 28.8 Å². The van der Waals surface area contributed by atoms with Gasteiger partial charge in [-0.1, -0.05) is 0 Å². The predicted octanol–water partition coefficient (Wildman–Crippen LogP) is 0.479. The van der Waals surface area contributed by atoms with Crippen LogP contribution in [0.4, 0.5) is 0 Å². The summed E-state index contributed by atoms with van der Waals surface area (Å²) >= 11 is 0. The van der Waals surface area contributed by atoms with Crippen molar-refractivity contribution in [1.29, 1.82) is 0 Å². The van der Waals surface area contributed by atoms with Crippen molar-refractivity contribution in [2.45, 2.75) is 6.92 Å². The van der Waals surface area contributed by atoms with Crippen LogP contribution in [0.5, 0.6) is 5.75 Å². The van der Waals surface area contributed by atoms with Crippen LogP contribution in [0.15, 0.2) is 12.1 Å². The van der Waals surface area contributed by atoms with Gasteiger partial charge < -0.3 is 20.5 Å². The molecule has 0 aliphatic carbocycles. The Hall–Kier alpha value is -2.08. The number of amides is 2. The summed E-state index contributed by atoms with van der Waals surface area (Å²) in [6.07, 6.45) is 0. The molecule has 19 heavy (non-hydrogen) atoms. The second-order valence-corrected chi connectivity index (χ2v) is 3.95. The number of hydrogen-bond donors (Lipinski definition) is 2. The van der Waals surface area contributed by atoms with Crippen LogP contribution in [0.3, 0.4) is 0 Å². The van der Waals surface area contributed by atoms with E-state index in [1.165, 1.54) is 13.1 Å². The molecule has 3 N–H and O–H groups in total. The third kappa shape index (κ3) is 3.69. The molecule has 0 aromatic heterocycles. The molecule has 6 heteroatoms. The molecule has 2 amide bonds. The van der Waals surface area contributed by atoms with E-state index in [0.29, 0.717) is 17.7 Å². The maximum Gasteiger partial charge on any atom is 0.252 e. The van der Waals surface area contributed by atoms with E-state index in [1.807, 2.05) is 0 Å². The van der Waals surface area contributed by atoms with Gasteiger partial charge in [-0.05, 0) is 24.6 Å². The van der Waals surface area contributed by atoms with E-state index in [1.54, 1.807) is 20.1 Å². The maximum absolute atomic E-state index is 11.7. The van der Waals surface area contributed by atoms with Gasteiger partial charge in [0.1, 0.15) is 12.4 Å². The molecule has 1 rings (SSSR count). The van der Waals surface area contributed by atoms with Crippen molar-refractivity contribution in [1.82, 2.24) is 5.32 Å². The molecular formula is C13H18N2O4. The van der Waals surface area contributed by atoms with Gasteiger partial charge in [-0.3, -0.25) is 9.59 Å². The van der Waals surface area contributed by atoms with Gasteiger partial charge >= 0.3 is 0 Å². The van der Waals surface area contributed by atoms with E-state index in [-0.39, 0.29) is 23.8 Å². The summed E-state index contributed by atoms with van der Waals surface area (Å²) in [6.45, 7) is 2.38. The molecule has 0 radical (unpaired) electrons. The van der Waals surface area contributed by atoms with Gasteiger partial charge in [0.05, 0.1) is 12.2 Å². The van der Waals surface area contributed by atoms with Crippen LogP contribution >= 0.6 is 0 Å². The highest BCUT2D eigenvalue weighted by Gasteiger charge is 2.16. The lowest BCUT2D eigenvalue weighted by molar-refractivity contribution is 0.0956. The Morgan fingerprint density at radius 2 is 1.95 bits per heavy atom. The first-order valence-corrected chi connectivity index (χ1v) is 5.79. The van der Waals surface area contributed by atoms with E-state index < -0.39 is 5.91 Å². The van der Waals surface area contributed by atoms with Gasteiger partial charge in [0.15, 0.2) is 0 Å². The first kappa shape index (κ1) is 15.0. The maximum atomic E-state index is 11.7. The smallest absolute Gasteiger partial charge is 0.252 e. The molecule has 0 aliphatic heterocycles. The monoisotopic (exact) mass is 266 g/mol. The Bertz CT molecular complexity index is 486. The topological polar surface area (TPSA) is 90.7 Å². The molecular weight excluding hydrogens is 248 g/mol. The fourth-order valence-corrected chi connectivity index (χ4v) is 1.61. The summed E-state index contributed by atoms with van der Waals surface area (Å²) in [7, 11) is 3.08. The van der Waals surface area contributed by atoms with Gasteiger partial charge in [0, 0.05) is 19.7 Å². The van der Waals surface area contributed by atoms with Crippen molar-refractivity contribution in [3.8, 4) is 5.75 Å². The number of benzene rings is 1. The Morgan fingerprint density at radius 1 is 1.26 bits per heavy atom. The average Bonchev–Trinajstić information content (AvgIpc) is 2.39. The zero-order chi connectivity index (χ0) is 14.4. The molecule has 0 heterocycles. The third-order valence-corrected chi connectivity index (χ3v) is 2.61. The number of carbonyl (C=O) groups excluding carboxylic acids is 2. The molecule has 0 atom stereocenters. The van der Waals surface area contributed by atoms with Crippen LogP contribution in [0, 0.1) is 6.92 Å². The highest BCUT2D eigenvalue weighted by Crippen LogP contribution is 2.23. The second kappa shape index (κ2) is 6.75. The van der Waals surface area contributed by atoms with Crippen LogP contribution in [0.1, 0.15) is 26.3 Å². The molecule has 104 valence electrons. The third-order valence-electron chi connectivity index (χ3n) is 2.61. The summed E-state index contributed by atoms with van der Waals surface area (Å²) in [5.74, 6) is -0.558. The molecule has 0 fully saturated rings. The zero-order valence-corrected chi connectivity index (χ0v) is 11.3. The van der Waals surface area contributed by atoms with E-state index >= 15 is 0 Å². The fourth-order valence-electron chi connectivity index (χ4n) is 1.61. The number of primary amides is 1. The summed E-state index contributed by atoms with van der Waals surface area (Å²) in [5, 5.41) is 2.53. The van der Waals surface area contributed by atoms with Gasteiger partial charge in [0.25, 0.3) is 11.8 Å². The lowest BCUT2D eigenvalue weighted by Crippen LogP contribution is -2.21. The lowest BCUT2D eigenvalue weighted by Gasteiger charge is -2.13. The number of nitrogens with two attached hydrogens (primary N) is 1. The zero-order valence-electron chi connectivity index (χ0n) is 11.3. The Labute approximate surface area is 111 Å². The molecule has 1 aromatic rings. The minimum Gasteiger partial charge on any atom is -0.490 e. The predicted molar refractivity (Wildman–Crippen MR) is 70.5 cm³/mol. The largest absolute Gasteiger partial charge is 0.490 e. The van der Waals surface area contributed by atoms with Crippen molar-refractivity contribution in [2.24, 2.45) is 5.73 Å². The molecule has 0 unspecified atom stereocenters. The highest BCUT2D eigenvalue weighted by atomic mass is 16.5. The fraction of sp³-hybridized carbons (Fsp3) is 0.385. The van der Waals surface area contributed by atoms with Crippen molar-refractivity contribution in [2.75, 3.05) is 27.4 Å². The van der Waals surface area contributed by atoms with Gasteiger partial charge in [-0.25, -0.2) is 0 Å². The quantitative estimate of drug-likeness (QED) is 0.733. The molecule has 6 nitrogen and oxygen atoms in total. The highest BCUT2D eigenvalue weighted by molar-refractivity contribution is 6.00. The van der Waals surface area contributed by atoms with Gasteiger partial charge in [-0.15, -0.1) is 0 Å². The van der Waals surface area contributed by atoms with E-state index in [2.05, 4.69) is 5.32 Å². The number of carbonyl (C=O) groups is 2. The molecule has 0 saturated carbocycles. The number of rotatable bonds is 6. The van der Waals surface area contributed by atoms with Gasteiger partial charge in [-0.2, -0.15) is 0 Å². The van der Waals surface area contributed by atoms with Crippen LogP contribution in [0.25, 0.3) is 0 Å². The van der Waals surface area contributed by atoms with E-state index in [4.69, 9.17) is 15.2 Å². The number of methoxy groups -OCH3 is 1. The molecule has 0 aliphatic rings. The average molecular weight is 266 g/mol. The Morgan fingerprint density at radius 3 is 2.47 bits per heavy atom. The lowest BCUT2D eigenvalue weighted by atomic mass is 10.0. The first-order chi connectivity index (χ1) is 9.01. The van der Waals surface area contributed by atoms with Crippen molar-refractivity contribution in [3.63, 3.8) is 0 Å². The van der Waals surface area contributed by atoms with Crippen LogP contribution < -0.4 is 15.8 Å². The summed E-state index contributed by atoms with van der Waals surface area (Å²) in [5.41, 5.74) is 6.65. The summed E-state index contributed by atoms with van der Waals surface area (Å²) in [6, 6.07) is 3.07. The van der Waals surface area contributed by atoms with Gasteiger partial charge in [0.2, 0.25) is 0 Å². The molecule has 0 spiro atoms. The number of ether oxygens (including phenoxy) is 2. The molecule has 1 aromatic carbocycles.